The van der Waals surface area contributed by atoms with E-state index in [4.69, 9.17) is 0 Å². The number of aryl methyl sites for hydroxylation is 2. The number of rotatable bonds is 4. The number of nitrogens with zero attached hydrogens (tertiary/aromatic N) is 1. The Morgan fingerprint density at radius 3 is 2.03 bits per heavy atom. The first-order chi connectivity index (χ1) is 14.8. The first-order valence-corrected chi connectivity index (χ1v) is 10.8. The summed E-state index contributed by atoms with van der Waals surface area (Å²) < 4.78 is 0. The molecule has 31 heavy (non-hydrogen) atoms. The summed E-state index contributed by atoms with van der Waals surface area (Å²) in [4.78, 5) is 7.94. The minimum Gasteiger partial charge on any atom is -0.338 e. The van der Waals surface area contributed by atoms with Crippen molar-refractivity contribution >= 4 is 12.2 Å². The average molecular weight is 407 g/mol. The lowest BCUT2D eigenvalue weighted by Gasteiger charge is -2.19. The first-order valence-electron chi connectivity index (χ1n) is 10.8. The number of hydrogen-bond acceptors (Lipinski definition) is 1. The van der Waals surface area contributed by atoms with Gasteiger partial charge in [-0.15, -0.1) is 0 Å². The van der Waals surface area contributed by atoms with Gasteiger partial charge in [-0.1, -0.05) is 99.1 Å². The highest BCUT2D eigenvalue weighted by Gasteiger charge is 2.13. The molecule has 2 heteroatoms. The van der Waals surface area contributed by atoms with Crippen molar-refractivity contribution in [3.05, 3.63) is 101 Å². The Kier molecular flexibility index (Phi) is 5.65. The van der Waals surface area contributed by atoms with Crippen molar-refractivity contribution in [1.82, 2.24) is 9.97 Å². The summed E-state index contributed by atoms with van der Waals surface area (Å²) >= 11 is 0. The van der Waals surface area contributed by atoms with E-state index in [0.29, 0.717) is 0 Å². The molecule has 0 aliphatic rings. The third-order valence-corrected chi connectivity index (χ3v) is 5.70. The van der Waals surface area contributed by atoms with E-state index in [9.17, 15) is 0 Å². The van der Waals surface area contributed by atoms with Gasteiger partial charge in [0.15, 0.2) is 0 Å². The van der Waals surface area contributed by atoms with Crippen molar-refractivity contribution in [1.29, 1.82) is 0 Å². The Morgan fingerprint density at radius 1 is 0.774 bits per heavy atom. The standard InChI is InChI=1S/C29H30N2/c1-20-6-16-26(21(2)18-20)27-19-30-28(31-27)17-9-22-7-10-23(11-8-22)24-12-14-25(15-13-24)29(3,4)5/h6-19H,1-5H3,(H,30,31)/b17-9+. The number of imidazole rings is 1. The Bertz CT molecular complexity index is 1200. The van der Waals surface area contributed by atoms with Crippen LogP contribution in [0.25, 0.3) is 34.5 Å². The van der Waals surface area contributed by atoms with E-state index in [1.54, 1.807) is 0 Å². The predicted octanol–water partition coefficient (Wildman–Crippen LogP) is 7.83. The molecule has 0 radical (unpaired) electrons. The van der Waals surface area contributed by atoms with E-state index >= 15 is 0 Å². The normalized spacial score (nSPS) is 11.9. The van der Waals surface area contributed by atoms with Crippen molar-refractivity contribution in [2.45, 2.75) is 40.0 Å². The van der Waals surface area contributed by atoms with Crippen LogP contribution in [0.2, 0.25) is 0 Å². The molecule has 4 rings (SSSR count). The number of H-pyrrole nitrogens is 1. The topological polar surface area (TPSA) is 28.7 Å². The fourth-order valence-corrected chi connectivity index (χ4v) is 3.80. The molecule has 0 fully saturated rings. The van der Waals surface area contributed by atoms with E-state index < -0.39 is 0 Å². The lowest BCUT2D eigenvalue weighted by molar-refractivity contribution is 0.590. The lowest BCUT2D eigenvalue weighted by Crippen LogP contribution is -2.10. The molecule has 1 aromatic heterocycles. The lowest BCUT2D eigenvalue weighted by atomic mass is 9.86. The molecule has 1 heterocycles. The van der Waals surface area contributed by atoms with Gasteiger partial charge in [0, 0.05) is 5.56 Å². The van der Waals surface area contributed by atoms with Gasteiger partial charge in [0.05, 0.1) is 11.9 Å². The van der Waals surface area contributed by atoms with Crippen molar-refractivity contribution in [3.8, 4) is 22.4 Å². The highest BCUT2D eigenvalue weighted by atomic mass is 14.9. The second-order valence-electron chi connectivity index (χ2n) is 9.28. The molecule has 0 saturated carbocycles. The Hall–Kier alpha value is -3.39. The summed E-state index contributed by atoms with van der Waals surface area (Å²) in [5.41, 5.74) is 9.93. The van der Waals surface area contributed by atoms with Crippen LogP contribution in [0.4, 0.5) is 0 Å². The van der Waals surface area contributed by atoms with Crippen molar-refractivity contribution in [2.75, 3.05) is 0 Å². The van der Waals surface area contributed by atoms with E-state index in [-0.39, 0.29) is 5.41 Å². The van der Waals surface area contributed by atoms with Crippen LogP contribution in [0.5, 0.6) is 0 Å². The second-order valence-corrected chi connectivity index (χ2v) is 9.28. The van der Waals surface area contributed by atoms with Gasteiger partial charge in [-0.25, -0.2) is 4.98 Å². The summed E-state index contributed by atoms with van der Waals surface area (Å²) in [6.07, 6.45) is 6.03. The molecular weight excluding hydrogens is 376 g/mol. The van der Waals surface area contributed by atoms with Crippen LogP contribution in [0.3, 0.4) is 0 Å². The molecule has 0 bridgehead atoms. The fourth-order valence-electron chi connectivity index (χ4n) is 3.80. The summed E-state index contributed by atoms with van der Waals surface area (Å²) in [5, 5.41) is 0. The highest BCUT2D eigenvalue weighted by Crippen LogP contribution is 2.27. The molecule has 0 saturated heterocycles. The molecule has 0 aliphatic carbocycles. The van der Waals surface area contributed by atoms with E-state index in [2.05, 4.69) is 117 Å². The molecule has 3 aromatic carbocycles. The van der Waals surface area contributed by atoms with Gasteiger partial charge in [-0.05, 0) is 53.2 Å². The Morgan fingerprint density at radius 2 is 1.42 bits per heavy atom. The maximum Gasteiger partial charge on any atom is 0.130 e. The summed E-state index contributed by atoms with van der Waals surface area (Å²) in [5.74, 6) is 0.858. The molecular formula is C29H30N2. The molecule has 2 nitrogen and oxygen atoms in total. The van der Waals surface area contributed by atoms with Crippen LogP contribution in [0, 0.1) is 13.8 Å². The smallest absolute Gasteiger partial charge is 0.130 e. The second kappa shape index (κ2) is 8.39. The van der Waals surface area contributed by atoms with Gasteiger partial charge in [0.1, 0.15) is 5.82 Å². The number of hydrogen-bond donors (Lipinski definition) is 1. The molecule has 0 unspecified atom stereocenters. The van der Waals surface area contributed by atoms with Crippen LogP contribution in [-0.4, -0.2) is 9.97 Å². The number of benzene rings is 3. The largest absolute Gasteiger partial charge is 0.338 e. The van der Waals surface area contributed by atoms with Crippen molar-refractivity contribution < 1.29 is 0 Å². The molecule has 156 valence electrons. The fraction of sp³-hybridized carbons (Fsp3) is 0.207. The zero-order chi connectivity index (χ0) is 22.0. The monoisotopic (exact) mass is 406 g/mol. The maximum atomic E-state index is 4.52. The van der Waals surface area contributed by atoms with Gasteiger partial charge < -0.3 is 4.98 Å². The van der Waals surface area contributed by atoms with Crippen LogP contribution >= 0.6 is 0 Å². The number of aromatic nitrogens is 2. The van der Waals surface area contributed by atoms with Crippen molar-refractivity contribution in [2.24, 2.45) is 0 Å². The molecule has 0 atom stereocenters. The van der Waals surface area contributed by atoms with Gasteiger partial charge in [0.2, 0.25) is 0 Å². The predicted molar refractivity (Wildman–Crippen MR) is 133 cm³/mol. The third kappa shape index (κ3) is 4.86. The maximum absolute atomic E-state index is 4.52. The quantitative estimate of drug-likeness (QED) is 0.367. The highest BCUT2D eigenvalue weighted by molar-refractivity contribution is 5.72. The summed E-state index contributed by atoms with van der Waals surface area (Å²) in [6.45, 7) is 11.0. The van der Waals surface area contributed by atoms with Crippen LogP contribution in [-0.2, 0) is 5.41 Å². The van der Waals surface area contributed by atoms with Gasteiger partial charge in [-0.3, -0.25) is 0 Å². The van der Waals surface area contributed by atoms with Crippen LogP contribution in [0.15, 0.2) is 72.9 Å². The summed E-state index contributed by atoms with van der Waals surface area (Å²) in [6, 6.07) is 24.0. The van der Waals surface area contributed by atoms with E-state index in [1.165, 1.54) is 33.4 Å². The Balaban J connectivity index is 1.47. The minimum absolute atomic E-state index is 0.178. The number of nitrogens with one attached hydrogen (secondary N) is 1. The molecule has 0 aliphatic heterocycles. The molecule has 1 N–H and O–H groups in total. The Labute approximate surface area is 185 Å². The van der Waals surface area contributed by atoms with Crippen molar-refractivity contribution in [3.63, 3.8) is 0 Å². The zero-order valence-corrected chi connectivity index (χ0v) is 19.0. The summed E-state index contributed by atoms with van der Waals surface area (Å²) in [7, 11) is 0. The first kappa shape index (κ1) is 20.9. The number of aromatic amines is 1. The van der Waals surface area contributed by atoms with Gasteiger partial charge in [0.25, 0.3) is 0 Å². The molecule has 4 aromatic rings. The third-order valence-electron chi connectivity index (χ3n) is 5.70. The van der Waals surface area contributed by atoms with E-state index in [0.717, 1.165) is 17.1 Å². The van der Waals surface area contributed by atoms with Gasteiger partial charge >= 0.3 is 0 Å². The van der Waals surface area contributed by atoms with E-state index in [1.807, 2.05) is 12.3 Å². The molecule has 0 spiro atoms. The van der Waals surface area contributed by atoms with Gasteiger partial charge in [-0.2, -0.15) is 0 Å². The van der Waals surface area contributed by atoms with Crippen LogP contribution in [0.1, 0.15) is 48.8 Å². The zero-order valence-electron chi connectivity index (χ0n) is 19.0. The SMILES string of the molecule is Cc1ccc(-c2cnc(/C=C/c3ccc(-c4ccc(C(C)(C)C)cc4)cc3)[nH]2)c(C)c1. The minimum atomic E-state index is 0.178. The van der Waals surface area contributed by atoms with Crippen LogP contribution < -0.4 is 0 Å². The molecule has 0 amide bonds. The average Bonchev–Trinajstić information content (AvgIpc) is 3.21.